The molecular weight excluding hydrogens is 355 g/mol. The van der Waals surface area contributed by atoms with E-state index in [1.54, 1.807) is 24.9 Å². The van der Waals surface area contributed by atoms with Gasteiger partial charge < -0.3 is 5.32 Å². The van der Waals surface area contributed by atoms with Gasteiger partial charge in [-0.15, -0.1) is 11.3 Å². The summed E-state index contributed by atoms with van der Waals surface area (Å²) in [5, 5.41) is 10.5. The second kappa shape index (κ2) is 5.87. The molecule has 10 heteroatoms. The van der Waals surface area contributed by atoms with E-state index in [1.165, 1.54) is 13.1 Å². The van der Waals surface area contributed by atoms with Crippen LogP contribution in [0.5, 0.6) is 0 Å². The van der Waals surface area contributed by atoms with Crippen LogP contribution >= 0.6 is 11.3 Å². The van der Waals surface area contributed by atoms with Crippen LogP contribution in [0.15, 0.2) is 12.3 Å². The fourth-order valence-electron chi connectivity index (χ4n) is 2.75. The molecule has 0 spiro atoms. The average Bonchev–Trinajstić information content (AvgIpc) is 3.13. The Morgan fingerprint density at radius 2 is 2.00 bits per heavy atom. The first kappa shape index (κ1) is 17.5. The summed E-state index contributed by atoms with van der Waals surface area (Å²) in [6.45, 7) is 3.64. The number of thiophene rings is 1. The van der Waals surface area contributed by atoms with Gasteiger partial charge in [-0.2, -0.15) is 23.4 Å². The summed E-state index contributed by atoms with van der Waals surface area (Å²) in [5.41, 5.74) is 0.668. The molecule has 134 valence electrons. The molecule has 1 N–H and O–H groups in total. The normalized spacial score (nSPS) is 13.4. The van der Waals surface area contributed by atoms with Gasteiger partial charge in [0.05, 0.1) is 16.6 Å². The molecule has 3 aromatic heterocycles. The molecule has 0 bridgehead atoms. The molecular formula is C15H16F3N5OS. The van der Waals surface area contributed by atoms with Crippen molar-refractivity contribution in [3.8, 4) is 0 Å². The van der Waals surface area contributed by atoms with Gasteiger partial charge in [-0.3, -0.25) is 14.2 Å². The first-order valence-corrected chi connectivity index (χ1v) is 8.24. The minimum Gasteiger partial charge on any atom is -0.345 e. The molecule has 6 nitrogen and oxygen atoms in total. The third-order valence-electron chi connectivity index (χ3n) is 3.87. The Kier molecular flexibility index (Phi) is 4.10. The molecule has 0 aromatic carbocycles. The number of alkyl halides is 3. The van der Waals surface area contributed by atoms with E-state index in [0.717, 1.165) is 27.3 Å². The van der Waals surface area contributed by atoms with Crippen molar-refractivity contribution < 1.29 is 18.0 Å². The van der Waals surface area contributed by atoms with Gasteiger partial charge in [-0.25, -0.2) is 0 Å². The predicted octanol–water partition coefficient (Wildman–Crippen LogP) is 3.19. The lowest BCUT2D eigenvalue weighted by molar-refractivity contribution is -0.140. The number of carbonyl (C=O) groups is 1. The van der Waals surface area contributed by atoms with Crippen LogP contribution in [-0.4, -0.2) is 25.5 Å². The molecule has 3 rings (SSSR count). The Morgan fingerprint density at radius 1 is 1.32 bits per heavy atom. The van der Waals surface area contributed by atoms with Crippen LogP contribution in [0.25, 0.3) is 10.2 Å². The van der Waals surface area contributed by atoms with Crippen LogP contribution in [0.4, 0.5) is 13.2 Å². The Bertz CT molecular complexity index is 953. The van der Waals surface area contributed by atoms with E-state index >= 15 is 0 Å². The summed E-state index contributed by atoms with van der Waals surface area (Å²) in [4.78, 5) is 13.0. The molecule has 1 amide bonds. The molecule has 1 unspecified atom stereocenters. The number of aromatic nitrogens is 4. The van der Waals surface area contributed by atoms with Gasteiger partial charge in [0, 0.05) is 31.2 Å². The first-order valence-electron chi connectivity index (χ1n) is 7.42. The van der Waals surface area contributed by atoms with E-state index in [2.05, 4.69) is 15.5 Å². The lowest BCUT2D eigenvalue weighted by Gasteiger charge is -2.12. The van der Waals surface area contributed by atoms with Crippen molar-refractivity contribution in [3.05, 3.63) is 34.1 Å². The zero-order valence-corrected chi connectivity index (χ0v) is 14.8. The van der Waals surface area contributed by atoms with Gasteiger partial charge in [0.25, 0.3) is 5.91 Å². The van der Waals surface area contributed by atoms with Crippen LogP contribution < -0.4 is 5.32 Å². The molecule has 0 fully saturated rings. The number of halogens is 3. The number of carbonyl (C=O) groups excluding carboxylic acids is 1. The van der Waals surface area contributed by atoms with Gasteiger partial charge in [-0.05, 0) is 19.9 Å². The minimum absolute atomic E-state index is 0.0599. The highest BCUT2D eigenvalue weighted by Crippen LogP contribution is 2.37. The standard InChI is InChI=1S/C15H16F3N5OS/c1-7(10-6-22(3)20-8(10)2)19-13(24)11-5-9-12(15(16,17)18)21-23(4)14(9)25-11/h5-7H,1-4H3,(H,19,24). The molecule has 0 radical (unpaired) electrons. The second-order valence-corrected chi connectivity index (χ2v) is 6.87. The van der Waals surface area contributed by atoms with Gasteiger partial charge in [0.1, 0.15) is 4.83 Å². The lowest BCUT2D eigenvalue weighted by Crippen LogP contribution is -2.26. The maximum atomic E-state index is 13.0. The highest BCUT2D eigenvalue weighted by atomic mass is 32.1. The molecule has 1 atom stereocenters. The van der Waals surface area contributed by atoms with Gasteiger partial charge >= 0.3 is 6.18 Å². The van der Waals surface area contributed by atoms with Crippen molar-refractivity contribution >= 4 is 27.5 Å². The van der Waals surface area contributed by atoms with E-state index in [0.29, 0.717) is 4.83 Å². The maximum absolute atomic E-state index is 13.0. The summed E-state index contributed by atoms with van der Waals surface area (Å²) >= 11 is 0.983. The van der Waals surface area contributed by atoms with Crippen LogP contribution in [0, 0.1) is 6.92 Å². The number of amides is 1. The van der Waals surface area contributed by atoms with Gasteiger partial charge in [-0.1, -0.05) is 0 Å². The minimum atomic E-state index is -4.56. The molecule has 0 aliphatic rings. The largest absolute Gasteiger partial charge is 0.435 e. The van der Waals surface area contributed by atoms with Crippen LogP contribution in [-0.2, 0) is 20.3 Å². The van der Waals surface area contributed by atoms with Crippen molar-refractivity contribution in [1.29, 1.82) is 0 Å². The third-order valence-corrected chi connectivity index (χ3v) is 5.07. The van der Waals surface area contributed by atoms with Crippen molar-refractivity contribution in [2.45, 2.75) is 26.1 Å². The fraction of sp³-hybridized carbons (Fsp3) is 0.400. The molecule has 25 heavy (non-hydrogen) atoms. The van der Waals surface area contributed by atoms with Crippen LogP contribution in [0.3, 0.4) is 0 Å². The van der Waals surface area contributed by atoms with E-state index in [-0.39, 0.29) is 16.3 Å². The number of aryl methyl sites for hydroxylation is 3. The zero-order valence-electron chi connectivity index (χ0n) is 14.0. The Balaban J connectivity index is 1.89. The highest BCUT2D eigenvalue weighted by Gasteiger charge is 2.37. The first-order chi connectivity index (χ1) is 11.6. The number of fused-ring (bicyclic) bond motifs is 1. The molecule has 0 aliphatic carbocycles. The summed E-state index contributed by atoms with van der Waals surface area (Å²) in [5.74, 6) is -0.426. The molecule has 0 aliphatic heterocycles. The Hall–Kier alpha value is -2.36. The van der Waals surface area contributed by atoms with Crippen molar-refractivity contribution in [2.75, 3.05) is 0 Å². The number of hydrogen-bond acceptors (Lipinski definition) is 4. The van der Waals surface area contributed by atoms with E-state index < -0.39 is 17.8 Å². The predicted molar refractivity (Wildman–Crippen MR) is 87.4 cm³/mol. The maximum Gasteiger partial charge on any atom is 0.435 e. The molecule has 0 saturated heterocycles. The zero-order chi connectivity index (χ0) is 18.5. The number of nitrogens with one attached hydrogen (secondary N) is 1. The number of rotatable bonds is 3. The van der Waals surface area contributed by atoms with Crippen molar-refractivity contribution in [2.24, 2.45) is 14.1 Å². The molecule has 3 aromatic rings. The van der Waals surface area contributed by atoms with Crippen molar-refractivity contribution in [3.63, 3.8) is 0 Å². The van der Waals surface area contributed by atoms with E-state index in [1.807, 2.05) is 6.92 Å². The molecule has 0 saturated carbocycles. The Morgan fingerprint density at radius 3 is 2.56 bits per heavy atom. The smallest absolute Gasteiger partial charge is 0.345 e. The average molecular weight is 371 g/mol. The van der Waals surface area contributed by atoms with Crippen LogP contribution in [0.1, 0.15) is 39.6 Å². The lowest BCUT2D eigenvalue weighted by atomic mass is 10.1. The SMILES string of the molecule is Cc1nn(C)cc1C(C)NC(=O)c1cc2c(C(F)(F)F)nn(C)c2s1. The summed E-state index contributed by atoms with van der Waals surface area (Å²) in [6, 6.07) is 0.931. The number of hydrogen-bond donors (Lipinski definition) is 1. The highest BCUT2D eigenvalue weighted by molar-refractivity contribution is 7.20. The second-order valence-electron chi connectivity index (χ2n) is 5.84. The molecule has 3 heterocycles. The number of nitrogens with zero attached hydrogens (tertiary/aromatic N) is 4. The third kappa shape index (κ3) is 3.13. The topological polar surface area (TPSA) is 64.7 Å². The monoisotopic (exact) mass is 371 g/mol. The van der Waals surface area contributed by atoms with Gasteiger partial charge in [0.15, 0.2) is 5.69 Å². The van der Waals surface area contributed by atoms with E-state index in [4.69, 9.17) is 0 Å². The summed E-state index contributed by atoms with van der Waals surface area (Å²) in [7, 11) is 3.21. The van der Waals surface area contributed by atoms with E-state index in [9.17, 15) is 18.0 Å². The van der Waals surface area contributed by atoms with Crippen molar-refractivity contribution in [1.82, 2.24) is 24.9 Å². The van der Waals surface area contributed by atoms with Crippen LogP contribution in [0.2, 0.25) is 0 Å². The fourth-order valence-corrected chi connectivity index (χ4v) is 3.73. The summed E-state index contributed by atoms with van der Waals surface area (Å²) in [6.07, 6.45) is -2.76. The Labute approximate surface area is 145 Å². The van der Waals surface area contributed by atoms with Gasteiger partial charge in [0.2, 0.25) is 0 Å². The summed E-state index contributed by atoms with van der Waals surface area (Å²) < 4.78 is 41.9. The quantitative estimate of drug-likeness (QED) is 0.769.